The fourth-order valence-corrected chi connectivity index (χ4v) is 2.78. The summed E-state index contributed by atoms with van der Waals surface area (Å²) in [5, 5.41) is 14.4. The van der Waals surface area contributed by atoms with Crippen molar-refractivity contribution in [2.24, 2.45) is 7.05 Å². The van der Waals surface area contributed by atoms with Gasteiger partial charge in [-0.25, -0.2) is 0 Å². The Morgan fingerprint density at radius 1 is 1.19 bits per heavy atom. The second-order valence-corrected chi connectivity index (χ2v) is 5.86. The van der Waals surface area contributed by atoms with Crippen LogP contribution in [0, 0.1) is 0 Å². The van der Waals surface area contributed by atoms with Crippen molar-refractivity contribution in [2.45, 2.75) is 19.1 Å². The molecule has 138 valence electrons. The van der Waals surface area contributed by atoms with E-state index in [-0.39, 0.29) is 18.3 Å². The Bertz CT molecular complexity index is 830. The molecule has 26 heavy (non-hydrogen) atoms. The lowest BCUT2D eigenvalue weighted by molar-refractivity contribution is -0.123. The third-order valence-corrected chi connectivity index (χ3v) is 4.07. The number of nitrogens with one attached hydrogen (secondary N) is 2. The molecule has 1 amide bonds. The van der Waals surface area contributed by atoms with Crippen molar-refractivity contribution in [3.05, 3.63) is 71.8 Å². The molecule has 0 spiro atoms. The Hall–Kier alpha value is -2.64. The van der Waals surface area contributed by atoms with Crippen molar-refractivity contribution in [3.8, 4) is 0 Å². The Balaban J connectivity index is 0.00000243. The van der Waals surface area contributed by atoms with Gasteiger partial charge in [-0.1, -0.05) is 24.3 Å². The molecule has 0 radical (unpaired) electrons. The third kappa shape index (κ3) is 4.71. The summed E-state index contributed by atoms with van der Waals surface area (Å²) in [7, 11) is 3.60. The van der Waals surface area contributed by atoms with E-state index >= 15 is 0 Å². The predicted octanol–water partition coefficient (Wildman–Crippen LogP) is 1.66. The zero-order valence-electron chi connectivity index (χ0n) is 14.8. The van der Waals surface area contributed by atoms with Crippen LogP contribution in [0.1, 0.15) is 22.7 Å². The number of aromatic nitrogens is 4. The Morgan fingerprint density at radius 2 is 1.96 bits per heavy atom. The summed E-state index contributed by atoms with van der Waals surface area (Å²) in [6, 6.07) is 9.53. The number of amides is 1. The van der Waals surface area contributed by atoms with Gasteiger partial charge in [-0.15, -0.1) is 12.4 Å². The zero-order valence-corrected chi connectivity index (χ0v) is 15.6. The van der Waals surface area contributed by atoms with E-state index in [1.807, 2.05) is 48.4 Å². The second kappa shape index (κ2) is 9.17. The lowest BCUT2D eigenvalue weighted by atomic mass is 10.1. The van der Waals surface area contributed by atoms with Gasteiger partial charge in [0.25, 0.3) is 0 Å². The van der Waals surface area contributed by atoms with Crippen LogP contribution >= 0.6 is 12.4 Å². The molecular formula is C18H23ClN6O. The van der Waals surface area contributed by atoms with Gasteiger partial charge in [0.1, 0.15) is 6.04 Å². The standard InChI is InChI=1S/C18H22N6O.ClH/c1-19-17(16-11-22-23(2)12-16)18(25)20-10-14-6-3-4-7-15(14)13-24-9-5-8-21-24;/h3-9,11-12,17,19H,10,13H2,1-2H3,(H,20,25);1H. The molecule has 1 unspecified atom stereocenters. The maximum atomic E-state index is 12.6. The number of benzene rings is 1. The molecule has 0 fully saturated rings. The van der Waals surface area contributed by atoms with Crippen LogP contribution < -0.4 is 10.6 Å². The normalized spacial score (nSPS) is 11.6. The summed E-state index contributed by atoms with van der Waals surface area (Å²) in [6.07, 6.45) is 7.23. The van der Waals surface area contributed by atoms with Crippen molar-refractivity contribution < 1.29 is 4.79 Å². The van der Waals surface area contributed by atoms with Crippen molar-refractivity contribution in [3.63, 3.8) is 0 Å². The quantitative estimate of drug-likeness (QED) is 0.659. The number of halogens is 1. The Morgan fingerprint density at radius 3 is 2.58 bits per heavy atom. The molecule has 8 heteroatoms. The summed E-state index contributed by atoms with van der Waals surface area (Å²) in [4.78, 5) is 12.6. The lowest BCUT2D eigenvalue weighted by Gasteiger charge is -2.16. The van der Waals surface area contributed by atoms with Crippen LogP contribution in [0.15, 0.2) is 55.1 Å². The first-order chi connectivity index (χ1) is 12.2. The summed E-state index contributed by atoms with van der Waals surface area (Å²) in [6.45, 7) is 1.14. The van der Waals surface area contributed by atoms with Gasteiger partial charge in [-0.3, -0.25) is 14.2 Å². The molecule has 2 heterocycles. The highest BCUT2D eigenvalue weighted by molar-refractivity contribution is 5.85. The zero-order chi connectivity index (χ0) is 17.6. The number of carbonyl (C=O) groups excluding carboxylic acids is 1. The van der Waals surface area contributed by atoms with E-state index in [1.54, 1.807) is 24.1 Å². The molecule has 0 saturated carbocycles. The predicted molar refractivity (Wildman–Crippen MR) is 102 cm³/mol. The van der Waals surface area contributed by atoms with Gasteiger partial charge < -0.3 is 10.6 Å². The first-order valence-electron chi connectivity index (χ1n) is 8.15. The number of carbonyl (C=O) groups is 1. The molecule has 1 atom stereocenters. The number of hydrogen-bond donors (Lipinski definition) is 2. The van der Waals surface area contributed by atoms with Gasteiger partial charge in [-0.2, -0.15) is 10.2 Å². The molecule has 3 aromatic rings. The molecule has 2 aromatic heterocycles. The van der Waals surface area contributed by atoms with Crippen LogP contribution in [0.2, 0.25) is 0 Å². The topological polar surface area (TPSA) is 76.8 Å². The molecule has 7 nitrogen and oxygen atoms in total. The van der Waals surface area contributed by atoms with Crippen LogP contribution in [0.5, 0.6) is 0 Å². The fraction of sp³-hybridized carbons (Fsp3) is 0.278. The maximum Gasteiger partial charge on any atom is 0.242 e. The Kier molecular flexibility index (Phi) is 6.94. The lowest BCUT2D eigenvalue weighted by Crippen LogP contribution is -2.35. The van der Waals surface area contributed by atoms with Crippen LogP contribution in [0.4, 0.5) is 0 Å². The van der Waals surface area contributed by atoms with Crippen molar-refractivity contribution in [1.82, 2.24) is 30.2 Å². The highest BCUT2D eigenvalue weighted by Crippen LogP contribution is 2.13. The monoisotopic (exact) mass is 374 g/mol. The molecule has 3 rings (SSSR count). The molecule has 1 aromatic carbocycles. The van der Waals surface area contributed by atoms with E-state index in [4.69, 9.17) is 0 Å². The highest BCUT2D eigenvalue weighted by atomic mass is 35.5. The highest BCUT2D eigenvalue weighted by Gasteiger charge is 2.20. The molecule has 2 N–H and O–H groups in total. The summed E-state index contributed by atoms with van der Waals surface area (Å²) in [5.41, 5.74) is 3.05. The van der Waals surface area contributed by atoms with E-state index in [0.717, 1.165) is 16.7 Å². The minimum atomic E-state index is -0.424. The number of aryl methyl sites for hydroxylation is 1. The van der Waals surface area contributed by atoms with E-state index in [1.165, 1.54) is 0 Å². The molecule has 0 aliphatic heterocycles. The van der Waals surface area contributed by atoms with Gasteiger partial charge in [0, 0.05) is 37.7 Å². The number of hydrogen-bond acceptors (Lipinski definition) is 4. The van der Waals surface area contributed by atoms with Crippen molar-refractivity contribution in [1.29, 1.82) is 0 Å². The average molecular weight is 375 g/mol. The number of likely N-dealkylation sites (N-methyl/N-ethyl adjacent to an activating group) is 1. The van der Waals surface area contributed by atoms with Crippen molar-refractivity contribution >= 4 is 18.3 Å². The van der Waals surface area contributed by atoms with Crippen LogP contribution in [-0.4, -0.2) is 32.5 Å². The second-order valence-electron chi connectivity index (χ2n) is 5.86. The average Bonchev–Trinajstić information content (AvgIpc) is 3.27. The molecular weight excluding hydrogens is 352 g/mol. The Labute approximate surface area is 158 Å². The first kappa shape index (κ1) is 19.7. The van der Waals surface area contributed by atoms with E-state index < -0.39 is 6.04 Å². The summed E-state index contributed by atoms with van der Waals surface area (Å²) < 4.78 is 3.55. The fourth-order valence-electron chi connectivity index (χ4n) is 2.78. The molecule has 0 aliphatic rings. The molecule has 0 aliphatic carbocycles. The minimum Gasteiger partial charge on any atom is -0.350 e. The van der Waals surface area contributed by atoms with Crippen LogP contribution in [-0.2, 0) is 24.9 Å². The van der Waals surface area contributed by atoms with Gasteiger partial charge in [0.15, 0.2) is 0 Å². The summed E-state index contributed by atoms with van der Waals surface area (Å²) in [5.74, 6) is -0.0793. The first-order valence-corrected chi connectivity index (χ1v) is 8.15. The van der Waals surface area contributed by atoms with Gasteiger partial charge in [0.05, 0.1) is 12.7 Å². The SMILES string of the molecule is CNC(C(=O)NCc1ccccc1Cn1cccn1)c1cnn(C)c1.Cl. The van der Waals surface area contributed by atoms with Gasteiger partial charge >= 0.3 is 0 Å². The number of rotatable bonds is 7. The minimum absolute atomic E-state index is 0. The van der Waals surface area contributed by atoms with Gasteiger partial charge in [0.2, 0.25) is 5.91 Å². The number of nitrogens with zero attached hydrogens (tertiary/aromatic N) is 4. The molecule has 0 saturated heterocycles. The third-order valence-electron chi connectivity index (χ3n) is 4.07. The van der Waals surface area contributed by atoms with Crippen LogP contribution in [0.3, 0.4) is 0 Å². The van der Waals surface area contributed by atoms with E-state index in [2.05, 4.69) is 26.9 Å². The maximum absolute atomic E-state index is 12.6. The van der Waals surface area contributed by atoms with E-state index in [9.17, 15) is 4.79 Å². The van der Waals surface area contributed by atoms with Crippen molar-refractivity contribution in [2.75, 3.05) is 7.05 Å². The van der Waals surface area contributed by atoms with Crippen LogP contribution in [0.25, 0.3) is 0 Å². The smallest absolute Gasteiger partial charge is 0.242 e. The van der Waals surface area contributed by atoms with Gasteiger partial charge in [-0.05, 0) is 24.2 Å². The summed E-state index contributed by atoms with van der Waals surface area (Å²) >= 11 is 0. The largest absolute Gasteiger partial charge is 0.350 e. The van der Waals surface area contributed by atoms with E-state index in [0.29, 0.717) is 13.1 Å². The molecule has 0 bridgehead atoms.